The molecule has 2 aromatic rings. The van der Waals surface area contributed by atoms with Crippen molar-refractivity contribution in [3.05, 3.63) is 17.4 Å². The van der Waals surface area contributed by atoms with Gasteiger partial charge >= 0.3 is 0 Å². The Hall–Kier alpha value is -1.37. The molecule has 2 aromatic heterocycles. The number of hydrogen-bond donors (Lipinski definition) is 0. The molecule has 6 nitrogen and oxygen atoms in total. The maximum Gasteiger partial charge on any atom is 0.160 e. The summed E-state index contributed by atoms with van der Waals surface area (Å²) in [4.78, 5) is 6.59. The molecule has 7 heteroatoms. The summed E-state index contributed by atoms with van der Waals surface area (Å²) in [5, 5.41) is 6.43. The maximum atomic E-state index is 6.15. The predicted octanol–water partition coefficient (Wildman–Crippen LogP) is 3.40. The van der Waals surface area contributed by atoms with E-state index < -0.39 is 0 Å². The second-order valence-corrected chi connectivity index (χ2v) is 7.10. The lowest BCUT2D eigenvalue weighted by atomic mass is 10.2. The van der Waals surface area contributed by atoms with Crippen LogP contribution in [0.1, 0.15) is 38.8 Å². The largest absolute Gasteiger partial charge is 0.380 e. The van der Waals surface area contributed by atoms with Crippen molar-refractivity contribution in [2.75, 3.05) is 25.2 Å². The normalized spacial score (nSPS) is 28.0. The van der Waals surface area contributed by atoms with Gasteiger partial charge in [-0.1, -0.05) is 11.6 Å². The van der Waals surface area contributed by atoms with E-state index in [2.05, 4.69) is 16.8 Å². The van der Waals surface area contributed by atoms with Gasteiger partial charge in [0.25, 0.3) is 0 Å². The van der Waals surface area contributed by atoms with E-state index in [-0.39, 0.29) is 12.3 Å². The first kappa shape index (κ1) is 16.1. The van der Waals surface area contributed by atoms with E-state index in [1.807, 2.05) is 16.9 Å². The third kappa shape index (κ3) is 2.76. The number of pyridine rings is 1. The molecule has 0 radical (unpaired) electrons. The van der Waals surface area contributed by atoms with E-state index in [1.54, 1.807) is 7.11 Å². The van der Waals surface area contributed by atoms with Crippen molar-refractivity contribution in [1.82, 2.24) is 14.8 Å². The van der Waals surface area contributed by atoms with Gasteiger partial charge in [0.05, 0.1) is 17.0 Å². The van der Waals surface area contributed by atoms with E-state index in [9.17, 15) is 0 Å². The van der Waals surface area contributed by atoms with Crippen LogP contribution in [0.4, 0.5) is 5.82 Å². The van der Waals surface area contributed by atoms with Gasteiger partial charge in [-0.2, -0.15) is 5.10 Å². The second kappa shape index (κ2) is 6.50. The van der Waals surface area contributed by atoms with Gasteiger partial charge in [-0.25, -0.2) is 9.67 Å². The van der Waals surface area contributed by atoms with Crippen LogP contribution in [0.15, 0.2) is 12.3 Å². The lowest BCUT2D eigenvalue weighted by Crippen LogP contribution is -2.28. The molecule has 130 valence electrons. The first-order chi connectivity index (χ1) is 11.7. The molecule has 4 heterocycles. The highest BCUT2D eigenvalue weighted by Gasteiger charge is 2.33. The first-order valence-corrected chi connectivity index (χ1v) is 9.00. The molecule has 24 heavy (non-hydrogen) atoms. The predicted molar refractivity (Wildman–Crippen MR) is 93.6 cm³/mol. The fourth-order valence-corrected chi connectivity index (χ4v) is 3.94. The van der Waals surface area contributed by atoms with Crippen LogP contribution in [-0.2, 0) is 9.47 Å². The average Bonchev–Trinajstić information content (AvgIpc) is 3.15. The molecule has 0 amide bonds. The molecule has 0 bridgehead atoms. The fraction of sp³-hybridized carbons (Fsp3) is 0.647. The molecule has 3 unspecified atom stereocenters. The number of nitrogens with zero attached hydrogens (tertiary/aromatic N) is 4. The van der Waals surface area contributed by atoms with Crippen LogP contribution in [0, 0.1) is 0 Å². The molecule has 4 rings (SSSR count). The van der Waals surface area contributed by atoms with E-state index in [0.29, 0.717) is 11.2 Å². The van der Waals surface area contributed by atoms with Gasteiger partial charge < -0.3 is 14.4 Å². The Morgan fingerprint density at radius 2 is 2.25 bits per heavy atom. The maximum absolute atomic E-state index is 6.15. The van der Waals surface area contributed by atoms with Crippen molar-refractivity contribution in [2.45, 2.75) is 51.0 Å². The quantitative estimate of drug-likeness (QED) is 0.794. The fourth-order valence-electron chi connectivity index (χ4n) is 3.79. The molecule has 0 N–H and O–H groups in total. The number of halogens is 1. The Kier molecular flexibility index (Phi) is 4.37. The van der Waals surface area contributed by atoms with Crippen molar-refractivity contribution in [1.29, 1.82) is 0 Å². The number of hydrogen-bond acceptors (Lipinski definition) is 5. The molecule has 0 spiro atoms. The molecule has 2 aliphatic heterocycles. The van der Waals surface area contributed by atoms with Crippen LogP contribution in [0.2, 0.25) is 5.15 Å². The Morgan fingerprint density at radius 1 is 1.38 bits per heavy atom. The molecule has 3 atom stereocenters. The summed E-state index contributed by atoms with van der Waals surface area (Å²) in [5.41, 5.74) is 0.991. The molecular formula is C17H23ClN4O2. The third-order valence-corrected chi connectivity index (χ3v) is 5.32. The van der Waals surface area contributed by atoms with Gasteiger partial charge in [-0.15, -0.1) is 0 Å². The topological polar surface area (TPSA) is 52.4 Å². The van der Waals surface area contributed by atoms with Gasteiger partial charge in [-0.3, -0.25) is 0 Å². The van der Waals surface area contributed by atoms with Crippen molar-refractivity contribution in [3.63, 3.8) is 0 Å². The SMILES string of the molecule is COC1CC(C)N(c2nn(C3CCCCO3)c3cc(Cl)ncc23)C1. The molecule has 0 aliphatic carbocycles. The number of ether oxygens (including phenoxy) is 2. The smallest absolute Gasteiger partial charge is 0.160 e. The number of fused-ring (bicyclic) bond motifs is 1. The number of anilines is 1. The van der Waals surface area contributed by atoms with Crippen LogP contribution < -0.4 is 4.90 Å². The third-order valence-electron chi connectivity index (χ3n) is 5.11. The molecule has 0 aromatic carbocycles. The summed E-state index contributed by atoms with van der Waals surface area (Å²) in [6, 6.07) is 2.27. The van der Waals surface area contributed by atoms with Crippen molar-refractivity contribution < 1.29 is 9.47 Å². The summed E-state index contributed by atoms with van der Waals surface area (Å²) < 4.78 is 13.5. The van der Waals surface area contributed by atoms with Crippen LogP contribution in [0.25, 0.3) is 10.9 Å². The average molecular weight is 351 g/mol. The van der Waals surface area contributed by atoms with Crippen molar-refractivity contribution >= 4 is 28.3 Å². The number of rotatable bonds is 3. The molecule has 2 saturated heterocycles. The Balaban J connectivity index is 1.78. The minimum atomic E-state index is -0.0235. The van der Waals surface area contributed by atoms with E-state index in [1.165, 1.54) is 0 Å². The second-order valence-electron chi connectivity index (χ2n) is 6.71. The van der Waals surface area contributed by atoms with Crippen LogP contribution >= 0.6 is 11.6 Å². The minimum absolute atomic E-state index is 0.0235. The molecule has 0 saturated carbocycles. The van der Waals surface area contributed by atoms with E-state index >= 15 is 0 Å². The zero-order valence-corrected chi connectivity index (χ0v) is 14.9. The highest BCUT2D eigenvalue weighted by Crippen LogP contribution is 2.35. The lowest BCUT2D eigenvalue weighted by Gasteiger charge is -2.24. The Labute approximate surface area is 146 Å². The first-order valence-electron chi connectivity index (χ1n) is 8.62. The van der Waals surface area contributed by atoms with E-state index in [0.717, 1.165) is 55.6 Å². The van der Waals surface area contributed by atoms with Gasteiger partial charge in [0.2, 0.25) is 0 Å². The monoisotopic (exact) mass is 350 g/mol. The van der Waals surface area contributed by atoms with Gasteiger partial charge in [-0.05, 0) is 32.6 Å². The van der Waals surface area contributed by atoms with Gasteiger partial charge in [0.15, 0.2) is 12.0 Å². The van der Waals surface area contributed by atoms with Crippen LogP contribution in [0.5, 0.6) is 0 Å². The minimum Gasteiger partial charge on any atom is -0.380 e. The van der Waals surface area contributed by atoms with Crippen molar-refractivity contribution in [3.8, 4) is 0 Å². The standard InChI is InChI=1S/C17H23ClN4O2/c1-11-7-12(23-2)10-21(11)17-13-9-19-15(18)8-14(13)22(20-17)16-5-3-4-6-24-16/h8-9,11-12,16H,3-7,10H2,1-2H3. The van der Waals surface area contributed by atoms with Crippen LogP contribution in [-0.4, -0.2) is 47.2 Å². The highest BCUT2D eigenvalue weighted by atomic mass is 35.5. The summed E-state index contributed by atoms with van der Waals surface area (Å²) in [7, 11) is 1.77. The van der Waals surface area contributed by atoms with E-state index in [4.69, 9.17) is 26.2 Å². The summed E-state index contributed by atoms with van der Waals surface area (Å²) >= 11 is 6.15. The zero-order chi connectivity index (χ0) is 16.7. The van der Waals surface area contributed by atoms with Gasteiger partial charge in [0.1, 0.15) is 5.15 Å². The lowest BCUT2D eigenvalue weighted by molar-refractivity contribution is -0.0365. The summed E-state index contributed by atoms with van der Waals surface area (Å²) in [6.45, 7) is 3.84. The Bertz CT molecular complexity index is 729. The van der Waals surface area contributed by atoms with Crippen LogP contribution in [0.3, 0.4) is 0 Å². The summed E-state index contributed by atoms with van der Waals surface area (Å²) in [6.07, 6.45) is 6.30. The molecular weight excluding hydrogens is 328 g/mol. The van der Waals surface area contributed by atoms with Crippen molar-refractivity contribution in [2.24, 2.45) is 0 Å². The molecule has 2 aliphatic rings. The molecule has 2 fully saturated rings. The summed E-state index contributed by atoms with van der Waals surface area (Å²) in [5.74, 6) is 0.954. The Morgan fingerprint density at radius 3 is 2.96 bits per heavy atom. The number of aromatic nitrogens is 3. The number of methoxy groups -OCH3 is 1. The van der Waals surface area contributed by atoms with Gasteiger partial charge in [0, 0.05) is 38.6 Å². The zero-order valence-electron chi connectivity index (χ0n) is 14.1. The highest BCUT2D eigenvalue weighted by molar-refractivity contribution is 6.30.